The fourth-order valence-corrected chi connectivity index (χ4v) is 5.74. The number of benzene rings is 1. The molecule has 1 aromatic heterocycles. The molecule has 0 amide bonds. The molecule has 2 fully saturated rings. The van der Waals surface area contributed by atoms with Gasteiger partial charge in [0, 0.05) is 44.4 Å². The lowest BCUT2D eigenvalue weighted by Crippen LogP contribution is -2.49. The first kappa shape index (κ1) is 21.6. The van der Waals surface area contributed by atoms with Crippen molar-refractivity contribution in [1.82, 2.24) is 14.5 Å². The molecule has 0 aliphatic carbocycles. The first-order valence-corrected chi connectivity index (χ1v) is 12.0. The van der Waals surface area contributed by atoms with Gasteiger partial charge in [-0.1, -0.05) is 23.2 Å². The van der Waals surface area contributed by atoms with Crippen LogP contribution in [0.5, 0.6) is 0 Å². The van der Waals surface area contributed by atoms with Gasteiger partial charge in [0.15, 0.2) is 5.82 Å². The Morgan fingerprint density at radius 1 is 1.10 bits per heavy atom. The second-order valence-corrected chi connectivity index (χ2v) is 10.0. The number of sulfonamides is 1. The fourth-order valence-electron chi connectivity index (χ4n) is 3.58. The second-order valence-electron chi connectivity index (χ2n) is 7.26. The van der Waals surface area contributed by atoms with E-state index in [1.807, 2.05) is 17.0 Å². The maximum absolute atomic E-state index is 12.9. The number of nitrogens with one attached hydrogen (secondary N) is 1. The van der Waals surface area contributed by atoms with Gasteiger partial charge in [-0.15, -0.1) is 10.2 Å². The van der Waals surface area contributed by atoms with Crippen LogP contribution in [0.1, 0.15) is 12.8 Å². The molecule has 2 aliphatic rings. The lowest BCUT2D eigenvalue weighted by Gasteiger charge is -2.34. The highest BCUT2D eigenvalue weighted by Gasteiger charge is 2.30. The average molecular weight is 472 g/mol. The Bertz CT molecular complexity index is 976. The highest BCUT2D eigenvalue weighted by atomic mass is 35.5. The van der Waals surface area contributed by atoms with E-state index in [1.165, 1.54) is 16.4 Å². The Morgan fingerprint density at radius 3 is 2.57 bits per heavy atom. The zero-order valence-corrected chi connectivity index (χ0v) is 18.6. The van der Waals surface area contributed by atoms with Crippen LogP contribution in [0.4, 0.5) is 11.6 Å². The third-order valence-corrected chi connectivity index (χ3v) is 7.87. The summed E-state index contributed by atoms with van der Waals surface area (Å²) in [6.07, 6.45) is 2.39. The lowest BCUT2D eigenvalue weighted by atomic mass is 10.2. The summed E-state index contributed by atoms with van der Waals surface area (Å²) in [4.78, 5) is 2.05. The zero-order chi connectivity index (χ0) is 21.1. The third-order valence-electron chi connectivity index (χ3n) is 5.26. The summed E-state index contributed by atoms with van der Waals surface area (Å²) in [5.41, 5.74) is 0. The zero-order valence-electron chi connectivity index (χ0n) is 16.3. The van der Waals surface area contributed by atoms with Gasteiger partial charge in [-0.3, -0.25) is 0 Å². The molecule has 1 aromatic carbocycles. The van der Waals surface area contributed by atoms with E-state index in [0.717, 1.165) is 31.8 Å². The maximum Gasteiger partial charge on any atom is 0.244 e. The van der Waals surface area contributed by atoms with Crippen molar-refractivity contribution in [2.75, 3.05) is 49.5 Å². The van der Waals surface area contributed by atoms with E-state index in [0.29, 0.717) is 37.0 Å². The van der Waals surface area contributed by atoms with Crippen molar-refractivity contribution in [3.8, 4) is 0 Å². The molecule has 2 aliphatic heterocycles. The van der Waals surface area contributed by atoms with Crippen molar-refractivity contribution in [3.63, 3.8) is 0 Å². The Morgan fingerprint density at radius 2 is 1.90 bits per heavy atom. The highest BCUT2D eigenvalue weighted by Crippen LogP contribution is 2.28. The number of hydrogen-bond donors (Lipinski definition) is 1. The van der Waals surface area contributed by atoms with Gasteiger partial charge in [-0.05, 0) is 43.2 Å². The number of piperazine rings is 1. The fraction of sp³-hybridized carbons (Fsp3) is 0.474. The Hall–Kier alpha value is -1.65. The van der Waals surface area contributed by atoms with E-state index < -0.39 is 10.0 Å². The maximum atomic E-state index is 12.9. The average Bonchev–Trinajstić information content (AvgIpc) is 3.28. The Balaban J connectivity index is 1.35. The smallest absolute Gasteiger partial charge is 0.244 e. The topological polar surface area (TPSA) is 87.7 Å². The number of halogens is 2. The van der Waals surface area contributed by atoms with Crippen molar-refractivity contribution >= 4 is 44.9 Å². The van der Waals surface area contributed by atoms with E-state index in [1.54, 1.807) is 6.07 Å². The summed E-state index contributed by atoms with van der Waals surface area (Å²) >= 11 is 12.1. The summed E-state index contributed by atoms with van der Waals surface area (Å²) in [5, 5.41) is 12.3. The van der Waals surface area contributed by atoms with Crippen LogP contribution < -0.4 is 10.2 Å². The molecule has 0 saturated carbocycles. The minimum Gasteiger partial charge on any atom is -0.376 e. The van der Waals surface area contributed by atoms with Crippen molar-refractivity contribution in [1.29, 1.82) is 0 Å². The van der Waals surface area contributed by atoms with Gasteiger partial charge in [-0.25, -0.2) is 8.42 Å². The third kappa shape index (κ3) is 4.81. The Labute approximate surface area is 186 Å². The van der Waals surface area contributed by atoms with Crippen LogP contribution in [-0.2, 0) is 14.8 Å². The second kappa shape index (κ2) is 9.23. The number of hydrogen-bond acceptors (Lipinski definition) is 7. The van der Waals surface area contributed by atoms with Gasteiger partial charge in [0.1, 0.15) is 10.7 Å². The molecular weight excluding hydrogens is 449 g/mol. The molecule has 11 heteroatoms. The van der Waals surface area contributed by atoms with E-state index in [2.05, 4.69) is 15.5 Å². The summed E-state index contributed by atoms with van der Waals surface area (Å²) in [6.45, 7) is 3.21. The molecule has 1 atom stereocenters. The molecule has 4 rings (SSSR count). The van der Waals surface area contributed by atoms with Crippen molar-refractivity contribution < 1.29 is 13.2 Å². The van der Waals surface area contributed by atoms with Gasteiger partial charge in [0.05, 0.1) is 11.1 Å². The van der Waals surface area contributed by atoms with Crippen LogP contribution in [0.2, 0.25) is 10.0 Å². The molecular formula is C19H23Cl2N5O3S. The van der Waals surface area contributed by atoms with Gasteiger partial charge < -0.3 is 15.0 Å². The number of nitrogens with zero attached hydrogens (tertiary/aromatic N) is 4. The van der Waals surface area contributed by atoms with E-state index >= 15 is 0 Å². The number of rotatable bonds is 6. The van der Waals surface area contributed by atoms with Crippen molar-refractivity contribution in [3.05, 3.63) is 40.4 Å². The normalized spacial score (nSPS) is 20.5. The SMILES string of the molecule is O=S(=O)(c1cc(Cl)ccc1Cl)N1CCN(c2ccc(NCC3CCCO3)nn2)CC1. The van der Waals surface area contributed by atoms with Crippen LogP contribution in [0.15, 0.2) is 35.2 Å². The molecule has 1 N–H and O–H groups in total. The summed E-state index contributed by atoms with van der Waals surface area (Å²) in [5.74, 6) is 1.42. The molecule has 0 bridgehead atoms. The molecule has 2 saturated heterocycles. The minimum absolute atomic E-state index is 0.0339. The Kier molecular flexibility index (Phi) is 6.64. The quantitative estimate of drug-likeness (QED) is 0.692. The summed E-state index contributed by atoms with van der Waals surface area (Å²) in [7, 11) is -3.71. The van der Waals surface area contributed by atoms with Gasteiger partial charge in [0.25, 0.3) is 0 Å². The first-order chi connectivity index (χ1) is 14.4. The van der Waals surface area contributed by atoms with Crippen molar-refractivity contribution in [2.45, 2.75) is 23.8 Å². The summed E-state index contributed by atoms with van der Waals surface area (Å²) < 4.78 is 32.9. The lowest BCUT2D eigenvalue weighted by molar-refractivity contribution is 0.120. The van der Waals surface area contributed by atoms with Gasteiger partial charge in [0.2, 0.25) is 10.0 Å². The van der Waals surface area contributed by atoms with Gasteiger partial charge in [-0.2, -0.15) is 4.31 Å². The molecule has 8 nitrogen and oxygen atoms in total. The highest BCUT2D eigenvalue weighted by molar-refractivity contribution is 7.89. The predicted octanol–water partition coefficient (Wildman–Crippen LogP) is 2.89. The van der Waals surface area contributed by atoms with Crippen molar-refractivity contribution in [2.24, 2.45) is 0 Å². The van der Waals surface area contributed by atoms with E-state index in [9.17, 15) is 8.42 Å². The van der Waals surface area contributed by atoms with E-state index in [4.69, 9.17) is 27.9 Å². The molecule has 1 unspecified atom stereocenters. The predicted molar refractivity (Wildman–Crippen MR) is 117 cm³/mol. The van der Waals surface area contributed by atoms with Crippen LogP contribution in [0, 0.1) is 0 Å². The first-order valence-electron chi connectivity index (χ1n) is 9.83. The number of ether oxygens (including phenoxy) is 1. The standard InChI is InChI=1S/C19H23Cl2N5O3S/c20-14-3-4-16(21)17(12-14)30(27,28)26-9-7-25(8-10-26)19-6-5-18(23-24-19)22-13-15-2-1-11-29-15/h3-6,12,15H,1-2,7-11,13H2,(H,22,23). The van der Waals surface area contributed by atoms with Crippen LogP contribution >= 0.6 is 23.2 Å². The van der Waals surface area contributed by atoms with Gasteiger partial charge >= 0.3 is 0 Å². The molecule has 0 radical (unpaired) electrons. The van der Waals surface area contributed by atoms with Crippen LogP contribution in [-0.4, -0.2) is 68.4 Å². The minimum atomic E-state index is -3.71. The molecule has 30 heavy (non-hydrogen) atoms. The molecule has 162 valence electrons. The molecule has 3 heterocycles. The summed E-state index contributed by atoms with van der Waals surface area (Å²) in [6, 6.07) is 8.23. The molecule has 2 aromatic rings. The van der Waals surface area contributed by atoms with E-state index in [-0.39, 0.29) is 16.0 Å². The monoisotopic (exact) mass is 471 g/mol. The van der Waals surface area contributed by atoms with Crippen LogP contribution in [0.3, 0.4) is 0 Å². The number of aromatic nitrogens is 2. The van der Waals surface area contributed by atoms with Crippen LogP contribution in [0.25, 0.3) is 0 Å². The largest absolute Gasteiger partial charge is 0.376 e. The number of anilines is 2. The molecule has 0 spiro atoms.